The van der Waals surface area contributed by atoms with Gasteiger partial charge in [-0.25, -0.2) is 9.97 Å². The summed E-state index contributed by atoms with van der Waals surface area (Å²) in [5, 5.41) is 3.61. The Morgan fingerprint density at radius 3 is 2.75 bits per heavy atom. The lowest BCUT2D eigenvalue weighted by molar-refractivity contribution is 0.178. The van der Waals surface area contributed by atoms with Crippen molar-refractivity contribution >= 4 is 28.8 Å². The maximum absolute atomic E-state index is 5.98. The van der Waals surface area contributed by atoms with Crippen molar-refractivity contribution in [3.63, 3.8) is 0 Å². The molecule has 0 spiro atoms. The first-order chi connectivity index (χ1) is 9.58. The lowest BCUT2D eigenvalue weighted by Crippen LogP contribution is -2.08. The molecule has 1 aromatic heterocycles. The molecule has 0 aliphatic heterocycles. The zero-order valence-electron chi connectivity index (χ0n) is 11.7. The first-order valence-corrected chi connectivity index (χ1v) is 6.53. The Bertz CT molecular complexity index is 589. The third-order valence-electron chi connectivity index (χ3n) is 2.65. The van der Waals surface area contributed by atoms with Crippen LogP contribution in [0.15, 0.2) is 30.3 Å². The maximum Gasteiger partial charge on any atom is 0.158 e. The lowest BCUT2D eigenvalue weighted by atomic mass is 10.2. The minimum atomic E-state index is 0.326. The molecule has 0 aliphatic rings. The minimum absolute atomic E-state index is 0.326. The molecule has 2 rings (SSSR count). The van der Waals surface area contributed by atoms with Crippen molar-refractivity contribution in [2.45, 2.75) is 6.61 Å². The highest BCUT2D eigenvalue weighted by atomic mass is 35.5. The number of nitrogens with zero attached hydrogens (tertiary/aromatic N) is 3. The molecule has 6 heteroatoms. The van der Waals surface area contributed by atoms with Crippen molar-refractivity contribution in [2.24, 2.45) is 0 Å². The predicted molar refractivity (Wildman–Crippen MR) is 81.8 cm³/mol. The summed E-state index contributed by atoms with van der Waals surface area (Å²) >= 11 is 5.98. The van der Waals surface area contributed by atoms with Crippen LogP contribution < -0.4 is 10.2 Å². The van der Waals surface area contributed by atoms with Crippen molar-refractivity contribution in [2.75, 3.05) is 31.4 Å². The van der Waals surface area contributed by atoms with Gasteiger partial charge in [-0.15, -0.1) is 0 Å². The number of aromatic nitrogens is 2. The van der Waals surface area contributed by atoms with E-state index in [1.54, 1.807) is 13.2 Å². The molecule has 0 bridgehead atoms. The van der Waals surface area contributed by atoms with Gasteiger partial charge >= 0.3 is 0 Å². The molecule has 0 saturated carbocycles. The fourth-order valence-corrected chi connectivity index (χ4v) is 1.93. The van der Waals surface area contributed by atoms with E-state index in [9.17, 15) is 0 Å². The fraction of sp³-hybridized carbons (Fsp3) is 0.286. The number of halogens is 1. The number of ether oxygens (including phenoxy) is 1. The van der Waals surface area contributed by atoms with Crippen molar-refractivity contribution in [3.8, 4) is 0 Å². The summed E-state index contributed by atoms with van der Waals surface area (Å²) in [5.74, 6) is 1.19. The van der Waals surface area contributed by atoms with Gasteiger partial charge in [0, 0.05) is 38.6 Å². The largest absolute Gasteiger partial charge is 0.378 e. The van der Waals surface area contributed by atoms with E-state index in [2.05, 4.69) is 15.3 Å². The summed E-state index contributed by atoms with van der Waals surface area (Å²) in [6, 6.07) is 9.71. The van der Waals surface area contributed by atoms with Crippen molar-refractivity contribution < 1.29 is 4.74 Å². The van der Waals surface area contributed by atoms with Gasteiger partial charge < -0.3 is 15.0 Å². The van der Waals surface area contributed by atoms with Crippen LogP contribution in [0.1, 0.15) is 5.82 Å². The minimum Gasteiger partial charge on any atom is -0.378 e. The van der Waals surface area contributed by atoms with Crippen LogP contribution >= 0.6 is 11.6 Å². The molecule has 0 fully saturated rings. The van der Waals surface area contributed by atoms with Gasteiger partial charge in [0.2, 0.25) is 0 Å². The van der Waals surface area contributed by atoms with Gasteiger partial charge in [0.05, 0.1) is 0 Å². The quantitative estimate of drug-likeness (QED) is 0.858. The summed E-state index contributed by atoms with van der Waals surface area (Å²) < 4.78 is 5.02. The van der Waals surface area contributed by atoms with E-state index >= 15 is 0 Å². The second-order valence-electron chi connectivity index (χ2n) is 4.49. The highest BCUT2D eigenvalue weighted by Gasteiger charge is 2.04. The van der Waals surface area contributed by atoms with Crippen LogP contribution in [0.2, 0.25) is 5.15 Å². The van der Waals surface area contributed by atoms with E-state index in [-0.39, 0.29) is 0 Å². The molecule has 20 heavy (non-hydrogen) atoms. The van der Waals surface area contributed by atoms with Gasteiger partial charge in [-0.05, 0) is 18.2 Å². The summed E-state index contributed by atoms with van der Waals surface area (Å²) in [6.45, 7) is 0.326. The zero-order valence-corrected chi connectivity index (χ0v) is 12.5. The molecule has 1 N–H and O–H groups in total. The molecule has 0 amide bonds. The number of hydrogen-bond donors (Lipinski definition) is 1. The fourth-order valence-electron chi connectivity index (χ4n) is 1.73. The van der Waals surface area contributed by atoms with Crippen LogP contribution in [-0.2, 0) is 11.3 Å². The number of methoxy groups -OCH3 is 1. The van der Waals surface area contributed by atoms with Crippen LogP contribution in [-0.4, -0.2) is 31.2 Å². The monoisotopic (exact) mass is 292 g/mol. The Kier molecular flexibility index (Phi) is 4.76. The number of benzene rings is 1. The Morgan fingerprint density at radius 1 is 1.25 bits per heavy atom. The molecular formula is C14H17ClN4O. The molecular weight excluding hydrogens is 276 g/mol. The second-order valence-corrected chi connectivity index (χ2v) is 4.88. The summed E-state index contributed by atoms with van der Waals surface area (Å²) in [6.07, 6.45) is 0. The lowest BCUT2D eigenvalue weighted by Gasteiger charge is -2.14. The van der Waals surface area contributed by atoms with E-state index in [0.717, 1.165) is 11.4 Å². The van der Waals surface area contributed by atoms with Gasteiger partial charge in [0.1, 0.15) is 17.6 Å². The SMILES string of the molecule is COCc1nc(Cl)cc(Nc2cccc(N(C)C)c2)n1. The van der Waals surface area contributed by atoms with Gasteiger partial charge in [0.25, 0.3) is 0 Å². The topological polar surface area (TPSA) is 50.3 Å². The highest BCUT2D eigenvalue weighted by Crippen LogP contribution is 2.21. The van der Waals surface area contributed by atoms with Gasteiger partial charge in [-0.1, -0.05) is 17.7 Å². The van der Waals surface area contributed by atoms with Crippen LogP contribution in [0.25, 0.3) is 0 Å². The molecule has 0 atom stereocenters. The number of nitrogens with one attached hydrogen (secondary N) is 1. The molecule has 5 nitrogen and oxygen atoms in total. The van der Waals surface area contributed by atoms with E-state index in [0.29, 0.717) is 23.4 Å². The van der Waals surface area contributed by atoms with Crippen LogP contribution in [0.3, 0.4) is 0 Å². The van der Waals surface area contributed by atoms with Crippen molar-refractivity contribution in [1.82, 2.24) is 9.97 Å². The zero-order chi connectivity index (χ0) is 14.5. The molecule has 1 aromatic carbocycles. The van der Waals surface area contributed by atoms with E-state index < -0.39 is 0 Å². The van der Waals surface area contributed by atoms with Crippen LogP contribution in [0, 0.1) is 0 Å². The number of rotatable bonds is 5. The Labute approximate surface area is 123 Å². The maximum atomic E-state index is 5.98. The molecule has 2 aromatic rings. The molecule has 1 heterocycles. The van der Waals surface area contributed by atoms with Crippen LogP contribution in [0.5, 0.6) is 0 Å². The normalized spacial score (nSPS) is 10.4. The Morgan fingerprint density at radius 2 is 2.05 bits per heavy atom. The first-order valence-electron chi connectivity index (χ1n) is 6.15. The molecule has 0 unspecified atom stereocenters. The number of anilines is 3. The summed E-state index contributed by atoms with van der Waals surface area (Å²) in [7, 11) is 5.59. The Balaban J connectivity index is 2.23. The van der Waals surface area contributed by atoms with Gasteiger partial charge in [-0.3, -0.25) is 0 Å². The van der Waals surface area contributed by atoms with E-state index in [1.807, 2.05) is 43.3 Å². The first kappa shape index (κ1) is 14.6. The molecule has 0 aliphatic carbocycles. The average Bonchev–Trinajstić information content (AvgIpc) is 2.38. The second kappa shape index (κ2) is 6.54. The smallest absolute Gasteiger partial charge is 0.158 e. The molecule has 106 valence electrons. The summed E-state index contributed by atoms with van der Waals surface area (Å²) in [5.41, 5.74) is 2.04. The predicted octanol–water partition coefficient (Wildman–Crippen LogP) is 3.09. The van der Waals surface area contributed by atoms with Crippen LogP contribution in [0.4, 0.5) is 17.2 Å². The highest BCUT2D eigenvalue weighted by molar-refractivity contribution is 6.29. The van der Waals surface area contributed by atoms with Crippen molar-refractivity contribution in [3.05, 3.63) is 41.3 Å². The van der Waals surface area contributed by atoms with Crippen molar-refractivity contribution in [1.29, 1.82) is 0 Å². The van der Waals surface area contributed by atoms with Gasteiger partial charge in [0.15, 0.2) is 5.82 Å². The average molecular weight is 293 g/mol. The summed E-state index contributed by atoms with van der Waals surface area (Å²) in [4.78, 5) is 10.5. The van der Waals surface area contributed by atoms with E-state index in [4.69, 9.17) is 16.3 Å². The molecule has 0 radical (unpaired) electrons. The number of hydrogen-bond acceptors (Lipinski definition) is 5. The van der Waals surface area contributed by atoms with Gasteiger partial charge in [-0.2, -0.15) is 0 Å². The standard InChI is InChI=1S/C14H17ClN4O/c1-19(2)11-6-4-5-10(7-11)16-13-8-12(15)17-14(18-13)9-20-3/h4-8H,9H2,1-3H3,(H,16,17,18). The Hall–Kier alpha value is -1.85. The third-order valence-corrected chi connectivity index (χ3v) is 2.84. The van der Waals surface area contributed by atoms with E-state index in [1.165, 1.54) is 0 Å². The molecule has 0 saturated heterocycles. The third kappa shape index (κ3) is 3.82.